The maximum absolute atomic E-state index is 13.5. The molecule has 2 aromatic rings. The van der Waals surface area contributed by atoms with Crippen molar-refractivity contribution in [3.8, 4) is 0 Å². The summed E-state index contributed by atoms with van der Waals surface area (Å²) in [6, 6.07) is 17.1. The largest absolute Gasteiger partial charge is 0.339 e. The Hall–Kier alpha value is -1.78. The molecule has 0 radical (unpaired) electrons. The average Bonchev–Trinajstić information content (AvgIpc) is 2.69. The first-order chi connectivity index (χ1) is 14.1. The lowest BCUT2D eigenvalue weighted by atomic mass is 9.48. The van der Waals surface area contributed by atoms with Crippen molar-refractivity contribution < 1.29 is 4.79 Å². The summed E-state index contributed by atoms with van der Waals surface area (Å²) in [5.74, 6) is 2.58. The van der Waals surface area contributed by atoms with Gasteiger partial charge in [0, 0.05) is 34.2 Å². The van der Waals surface area contributed by atoms with E-state index in [1.54, 1.807) is 0 Å². The van der Waals surface area contributed by atoms with E-state index in [0.717, 1.165) is 31.2 Å². The van der Waals surface area contributed by atoms with Crippen LogP contribution in [-0.2, 0) is 4.79 Å². The van der Waals surface area contributed by atoms with Crippen molar-refractivity contribution in [2.24, 2.45) is 29.4 Å². The molecule has 7 rings (SSSR count). The molecule has 3 nitrogen and oxygen atoms in total. The Morgan fingerprint density at radius 3 is 2.14 bits per heavy atom. The van der Waals surface area contributed by atoms with Crippen LogP contribution in [0.1, 0.15) is 38.5 Å². The van der Waals surface area contributed by atoms with Gasteiger partial charge in [0.25, 0.3) is 0 Å². The van der Waals surface area contributed by atoms with E-state index in [0.29, 0.717) is 18.1 Å². The lowest BCUT2D eigenvalue weighted by molar-refractivity contribution is -0.138. The quantitative estimate of drug-likeness (QED) is 0.741. The number of rotatable bonds is 4. The molecule has 5 aliphatic rings. The van der Waals surface area contributed by atoms with Gasteiger partial charge in [0.1, 0.15) is 5.78 Å². The van der Waals surface area contributed by atoms with E-state index in [1.807, 2.05) is 11.8 Å². The van der Waals surface area contributed by atoms with E-state index in [1.165, 1.54) is 40.4 Å². The third kappa shape index (κ3) is 2.87. The zero-order valence-electron chi connectivity index (χ0n) is 16.7. The van der Waals surface area contributed by atoms with Crippen molar-refractivity contribution in [3.05, 3.63) is 48.5 Å². The van der Waals surface area contributed by atoms with Crippen LogP contribution in [0.15, 0.2) is 58.3 Å². The number of anilines is 2. The topological polar surface area (TPSA) is 46.3 Å². The molecule has 3 atom stereocenters. The molecule has 4 bridgehead atoms. The molecule has 2 aromatic carbocycles. The lowest BCUT2D eigenvalue weighted by Crippen LogP contribution is -2.64. The summed E-state index contributed by atoms with van der Waals surface area (Å²) in [7, 11) is 0. The van der Waals surface area contributed by atoms with Crippen LogP contribution in [0.4, 0.5) is 11.4 Å². The van der Waals surface area contributed by atoms with Gasteiger partial charge in [-0.3, -0.25) is 4.79 Å². The zero-order valence-corrected chi connectivity index (χ0v) is 17.5. The van der Waals surface area contributed by atoms with Gasteiger partial charge in [0.2, 0.25) is 0 Å². The van der Waals surface area contributed by atoms with E-state index in [4.69, 9.17) is 5.73 Å². The van der Waals surface area contributed by atoms with E-state index in [9.17, 15) is 4.79 Å². The summed E-state index contributed by atoms with van der Waals surface area (Å²) in [6.45, 7) is 0.736. The lowest BCUT2D eigenvalue weighted by Gasteiger charge is -2.59. The average molecular weight is 405 g/mol. The molecule has 4 heteroatoms. The molecule has 29 heavy (non-hydrogen) atoms. The van der Waals surface area contributed by atoms with Gasteiger partial charge in [-0.25, -0.2) is 0 Å². The summed E-state index contributed by atoms with van der Waals surface area (Å²) in [5.41, 5.74) is 9.11. The van der Waals surface area contributed by atoms with Gasteiger partial charge < -0.3 is 10.6 Å². The molecule has 1 aliphatic heterocycles. The Bertz CT molecular complexity index is 913. The van der Waals surface area contributed by atoms with E-state index >= 15 is 0 Å². The first-order valence-electron chi connectivity index (χ1n) is 11.1. The number of ketones is 1. The molecule has 2 N–H and O–H groups in total. The Balaban J connectivity index is 1.25. The molecule has 0 aromatic heterocycles. The SMILES string of the molecule is NC12CC3CC(CC(C3)C1C(=O)CCN1c3ccccc3Sc3ccccc31)C2. The number of nitrogens with zero attached hydrogens (tertiary/aromatic N) is 1. The molecule has 4 aliphatic carbocycles. The summed E-state index contributed by atoms with van der Waals surface area (Å²) in [4.78, 5) is 18.4. The Morgan fingerprint density at radius 2 is 1.55 bits per heavy atom. The van der Waals surface area contributed by atoms with Gasteiger partial charge in [-0.1, -0.05) is 36.0 Å². The second-order valence-corrected chi connectivity index (χ2v) is 10.8. The minimum absolute atomic E-state index is 0.0833. The van der Waals surface area contributed by atoms with Gasteiger partial charge in [-0.15, -0.1) is 0 Å². The van der Waals surface area contributed by atoms with E-state index in [-0.39, 0.29) is 11.5 Å². The Morgan fingerprint density at radius 1 is 0.966 bits per heavy atom. The summed E-state index contributed by atoms with van der Waals surface area (Å²) >= 11 is 1.82. The molecular weight excluding hydrogens is 376 g/mol. The fraction of sp³-hybridized carbons (Fsp3) is 0.480. The molecule has 3 unspecified atom stereocenters. The highest BCUT2D eigenvalue weighted by Crippen LogP contribution is 2.58. The fourth-order valence-corrected chi connectivity index (χ4v) is 8.18. The molecule has 1 heterocycles. The van der Waals surface area contributed by atoms with E-state index < -0.39 is 0 Å². The number of fused-ring (bicyclic) bond motifs is 2. The number of hydrogen-bond acceptors (Lipinski definition) is 4. The minimum Gasteiger partial charge on any atom is -0.339 e. The molecule has 150 valence electrons. The molecular formula is C25H28N2OS. The maximum Gasteiger partial charge on any atom is 0.139 e. The number of Topliss-reactive ketones (excluding diaryl/α,β-unsaturated/α-hetero) is 1. The van der Waals surface area contributed by atoms with Crippen molar-refractivity contribution in [1.29, 1.82) is 0 Å². The molecule has 0 spiro atoms. The third-order valence-electron chi connectivity index (χ3n) is 7.83. The van der Waals surface area contributed by atoms with Crippen molar-refractivity contribution in [2.75, 3.05) is 11.4 Å². The zero-order chi connectivity index (χ0) is 19.6. The van der Waals surface area contributed by atoms with Crippen LogP contribution in [0, 0.1) is 23.7 Å². The first-order valence-corrected chi connectivity index (χ1v) is 11.9. The highest BCUT2D eigenvalue weighted by atomic mass is 32.2. The third-order valence-corrected chi connectivity index (χ3v) is 8.96. The number of hydrogen-bond donors (Lipinski definition) is 1. The van der Waals surface area contributed by atoms with Gasteiger partial charge in [-0.05, 0) is 74.1 Å². The second kappa shape index (κ2) is 6.61. The number of carbonyl (C=O) groups is 1. The minimum atomic E-state index is -0.223. The van der Waals surface area contributed by atoms with Crippen molar-refractivity contribution in [3.63, 3.8) is 0 Å². The predicted molar refractivity (Wildman–Crippen MR) is 118 cm³/mol. The molecule has 0 saturated heterocycles. The van der Waals surface area contributed by atoms with Crippen LogP contribution in [0.5, 0.6) is 0 Å². The van der Waals surface area contributed by atoms with Crippen molar-refractivity contribution >= 4 is 28.9 Å². The summed E-state index contributed by atoms with van der Waals surface area (Å²) in [5, 5.41) is 0. The number of carbonyl (C=O) groups excluding carboxylic acids is 1. The molecule has 4 saturated carbocycles. The number of nitrogens with two attached hydrogens (primary N) is 1. The van der Waals surface area contributed by atoms with Gasteiger partial charge in [-0.2, -0.15) is 0 Å². The van der Waals surface area contributed by atoms with Crippen LogP contribution in [0.3, 0.4) is 0 Å². The smallest absolute Gasteiger partial charge is 0.139 e. The van der Waals surface area contributed by atoms with Gasteiger partial charge >= 0.3 is 0 Å². The Kier molecular flexibility index (Phi) is 4.11. The van der Waals surface area contributed by atoms with Crippen molar-refractivity contribution in [2.45, 2.75) is 53.9 Å². The van der Waals surface area contributed by atoms with Gasteiger partial charge in [0.05, 0.1) is 11.4 Å². The maximum atomic E-state index is 13.5. The van der Waals surface area contributed by atoms with Gasteiger partial charge in [0.15, 0.2) is 0 Å². The fourth-order valence-electron chi connectivity index (χ4n) is 7.09. The van der Waals surface area contributed by atoms with E-state index in [2.05, 4.69) is 53.4 Å². The number of para-hydroxylation sites is 2. The summed E-state index contributed by atoms with van der Waals surface area (Å²) in [6.07, 6.45) is 6.55. The molecule has 4 fully saturated rings. The summed E-state index contributed by atoms with van der Waals surface area (Å²) < 4.78 is 0. The second-order valence-electron chi connectivity index (χ2n) is 9.72. The van der Waals surface area contributed by atoms with Crippen LogP contribution < -0.4 is 10.6 Å². The standard InChI is InChI=1S/C25H28N2OS/c26-25-14-16-11-17(15-25)13-18(12-16)24(25)21(28)9-10-27-19-5-1-3-7-22(19)29-23-8-4-2-6-20(23)27/h1-8,16-18,24H,9-15,26H2. The first kappa shape index (κ1) is 18.0. The van der Waals surface area contributed by atoms with Crippen molar-refractivity contribution in [1.82, 2.24) is 0 Å². The Labute approximate surface area is 177 Å². The normalized spacial score (nSPS) is 34.0. The molecule has 0 amide bonds. The highest BCUT2D eigenvalue weighted by molar-refractivity contribution is 7.99. The monoisotopic (exact) mass is 404 g/mol. The van der Waals surface area contributed by atoms with Crippen LogP contribution in [-0.4, -0.2) is 17.9 Å². The predicted octanol–water partition coefficient (Wildman–Crippen LogP) is 5.40. The van der Waals surface area contributed by atoms with Crippen LogP contribution in [0.25, 0.3) is 0 Å². The number of benzene rings is 2. The van der Waals surface area contributed by atoms with Crippen LogP contribution in [0.2, 0.25) is 0 Å². The highest BCUT2D eigenvalue weighted by Gasteiger charge is 2.57. The van der Waals surface area contributed by atoms with Crippen LogP contribution >= 0.6 is 11.8 Å².